The van der Waals surface area contributed by atoms with Crippen molar-refractivity contribution in [2.75, 3.05) is 85.9 Å². The van der Waals surface area contributed by atoms with Crippen LogP contribution in [0, 0.1) is 0 Å². The van der Waals surface area contributed by atoms with Crippen molar-refractivity contribution in [2.24, 2.45) is 0 Å². The monoisotopic (exact) mass is 367 g/mol. The highest BCUT2D eigenvalue weighted by Crippen LogP contribution is 1.87. The van der Waals surface area contributed by atoms with Crippen molar-refractivity contribution in [3.63, 3.8) is 0 Å². The Bertz CT molecular complexity index is 247. The van der Waals surface area contributed by atoms with E-state index in [0.29, 0.717) is 79.3 Å². The number of nitrogens with one attached hydrogen (secondary N) is 1. The molecule has 0 rings (SSSR count). The maximum absolute atomic E-state index is 5.46. The van der Waals surface area contributed by atoms with Crippen molar-refractivity contribution in [1.29, 1.82) is 0 Å². The van der Waals surface area contributed by atoms with E-state index in [1.807, 2.05) is 20.8 Å². The fourth-order valence-corrected chi connectivity index (χ4v) is 1.66. The quantitative estimate of drug-likeness (QED) is 0.238. The largest absolute Gasteiger partial charge is 0.379 e. The molecule has 0 heterocycles. The van der Waals surface area contributed by atoms with Crippen LogP contribution in [0.3, 0.4) is 0 Å². The van der Waals surface area contributed by atoms with E-state index in [2.05, 4.69) is 5.48 Å². The summed E-state index contributed by atoms with van der Waals surface area (Å²) in [6.45, 7) is 13.6. The molecule has 0 aromatic rings. The van der Waals surface area contributed by atoms with Gasteiger partial charge in [-0.15, -0.1) is 0 Å². The van der Waals surface area contributed by atoms with E-state index < -0.39 is 0 Å². The van der Waals surface area contributed by atoms with Crippen LogP contribution < -0.4 is 5.48 Å². The molecular weight excluding hydrogens is 330 g/mol. The maximum atomic E-state index is 5.46. The molecule has 152 valence electrons. The topological polar surface area (TPSA) is 76.6 Å². The highest BCUT2D eigenvalue weighted by molar-refractivity contribution is 4.50. The van der Waals surface area contributed by atoms with Crippen molar-refractivity contribution in [3.05, 3.63) is 0 Å². The Kier molecular flexibility index (Phi) is 21.4. The number of hydrogen-bond donors (Lipinski definition) is 1. The zero-order valence-electron chi connectivity index (χ0n) is 16.1. The molecule has 1 N–H and O–H groups in total. The van der Waals surface area contributed by atoms with Gasteiger partial charge in [-0.1, -0.05) is 0 Å². The van der Waals surface area contributed by atoms with Gasteiger partial charge in [0.05, 0.1) is 85.3 Å². The SMILES string of the molecule is CCOCCOCCOCCOCCOCCOCC(C)NOCC. The zero-order valence-corrected chi connectivity index (χ0v) is 16.1. The minimum atomic E-state index is 0.165. The van der Waals surface area contributed by atoms with Gasteiger partial charge in [0.25, 0.3) is 0 Å². The molecule has 0 spiro atoms. The van der Waals surface area contributed by atoms with Crippen LogP contribution in [0.1, 0.15) is 20.8 Å². The highest BCUT2D eigenvalue weighted by atomic mass is 16.6. The van der Waals surface area contributed by atoms with Gasteiger partial charge in [-0.25, -0.2) is 0 Å². The highest BCUT2D eigenvalue weighted by Gasteiger charge is 2.00. The van der Waals surface area contributed by atoms with E-state index in [4.69, 9.17) is 33.3 Å². The van der Waals surface area contributed by atoms with Crippen molar-refractivity contribution < 1.29 is 33.3 Å². The lowest BCUT2D eigenvalue weighted by Gasteiger charge is -2.13. The van der Waals surface area contributed by atoms with Gasteiger partial charge in [-0.2, -0.15) is 5.48 Å². The third-order valence-electron chi connectivity index (χ3n) is 2.86. The van der Waals surface area contributed by atoms with Gasteiger partial charge in [0.1, 0.15) is 0 Å². The molecule has 25 heavy (non-hydrogen) atoms. The van der Waals surface area contributed by atoms with Gasteiger partial charge < -0.3 is 33.3 Å². The minimum Gasteiger partial charge on any atom is -0.379 e. The van der Waals surface area contributed by atoms with Crippen LogP contribution in [0.25, 0.3) is 0 Å². The second kappa shape index (κ2) is 21.7. The predicted molar refractivity (Wildman–Crippen MR) is 94.8 cm³/mol. The summed E-state index contributed by atoms with van der Waals surface area (Å²) in [7, 11) is 0. The van der Waals surface area contributed by atoms with E-state index in [-0.39, 0.29) is 6.04 Å². The molecule has 0 aliphatic carbocycles. The first-order valence-corrected chi connectivity index (χ1v) is 9.15. The van der Waals surface area contributed by atoms with Gasteiger partial charge in [-0.05, 0) is 20.8 Å². The lowest BCUT2D eigenvalue weighted by atomic mass is 10.4. The van der Waals surface area contributed by atoms with Gasteiger partial charge in [0, 0.05) is 6.61 Å². The molecule has 8 heteroatoms. The Morgan fingerprint density at radius 2 is 0.960 bits per heavy atom. The molecule has 0 saturated carbocycles. The van der Waals surface area contributed by atoms with Crippen molar-refractivity contribution in [3.8, 4) is 0 Å². The van der Waals surface area contributed by atoms with Crippen molar-refractivity contribution in [2.45, 2.75) is 26.8 Å². The van der Waals surface area contributed by atoms with Crippen LogP contribution in [-0.4, -0.2) is 91.9 Å². The lowest BCUT2D eigenvalue weighted by molar-refractivity contribution is -0.0261. The third kappa shape index (κ3) is 21.6. The molecule has 0 aliphatic heterocycles. The summed E-state index contributed by atoms with van der Waals surface area (Å²) in [6.07, 6.45) is 0. The van der Waals surface area contributed by atoms with Crippen molar-refractivity contribution >= 4 is 0 Å². The van der Waals surface area contributed by atoms with Gasteiger partial charge in [0.2, 0.25) is 0 Å². The second-order valence-corrected chi connectivity index (χ2v) is 5.17. The summed E-state index contributed by atoms with van der Waals surface area (Å²) >= 11 is 0. The summed E-state index contributed by atoms with van der Waals surface area (Å²) < 4.78 is 32.1. The summed E-state index contributed by atoms with van der Waals surface area (Å²) in [5.41, 5.74) is 2.88. The first kappa shape index (κ1) is 24.7. The molecule has 0 aliphatic rings. The van der Waals surface area contributed by atoms with Crippen LogP contribution in [0.2, 0.25) is 0 Å². The molecule has 0 bridgehead atoms. The first-order valence-electron chi connectivity index (χ1n) is 9.15. The van der Waals surface area contributed by atoms with Crippen molar-refractivity contribution in [1.82, 2.24) is 5.48 Å². The Morgan fingerprint density at radius 1 is 0.560 bits per heavy atom. The molecule has 0 amide bonds. The Morgan fingerprint density at radius 3 is 1.36 bits per heavy atom. The second-order valence-electron chi connectivity index (χ2n) is 5.17. The van der Waals surface area contributed by atoms with Gasteiger partial charge in [0.15, 0.2) is 0 Å². The van der Waals surface area contributed by atoms with Crippen LogP contribution >= 0.6 is 0 Å². The van der Waals surface area contributed by atoms with Crippen LogP contribution in [0.4, 0.5) is 0 Å². The first-order chi connectivity index (χ1) is 12.3. The number of hydrogen-bond acceptors (Lipinski definition) is 8. The van der Waals surface area contributed by atoms with E-state index >= 15 is 0 Å². The maximum Gasteiger partial charge on any atom is 0.0701 e. The fraction of sp³-hybridized carbons (Fsp3) is 1.00. The smallest absolute Gasteiger partial charge is 0.0701 e. The number of ether oxygens (including phenoxy) is 6. The average molecular weight is 367 g/mol. The molecule has 0 radical (unpaired) electrons. The summed E-state index contributed by atoms with van der Waals surface area (Å²) in [4.78, 5) is 5.08. The van der Waals surface area contributed by atoms with E-state index in [0.717, 1.165) is 6.61 Å². The molecule has 0 aromatic heterocycles. The normalized spacial score (nSPS) is 12.6. The Labute approximate surface area is 152 Å². The third-order valence-corrected chi connectivity index (χ3v) is 2.86. The Hall–Kier alpha value is -0.320. The van der Waals surface area contributed by atoms with Crippen LogP contribution in [0.15, 0.2) is 0 Å². The van der Waals surface area contributed by atoms with Crippen LogP contribution in [0.5, 0.6) is 0 Å². The van der Waals surface area contributed by atoms with Gasteiger partial charge in [-0.3, -0.25) is 0 Å². The number of hydroxylamine groups is 1. The summed E-state index contributed by atoms with van der Waals surface area (Å²) in [5.74, 6) is 0. The average Bonchev–Trinajstić information content (AvgIpc) is 2.62. The molecule has 1 atom stereocenters. The molecule has 1 unspecified atom stereocenters. The summed E-state index contributed by atoms with van der Waals surface area (Å²) in [6, 6.07) is 0.165. The van der Waals surface area contributed by atoms with Gasteiger partial charge >= 0.3 is 0 Å². The lowest BCUT2D eigenvalue weighted by Crippen LogP contribution is -2.31. The molecule has 0 saturated heterocycles. The standard InChI is InChI=1S/C17H37NO7/c1-4-19-6-7-20-8-9-21-10-11-22-12-13-23-14-15-24-16-17(3)18-25-5-2/h17-18H,4-16H2,1-3H3. The summed E-state index contributed by atoms with van der Waals surface area (Å²) in [5, 5.41) is 0. The van der Waals surface area contributed by atoms with E-state index in [9.17, 15) is 0 Å². The van der Waals surface area contributed by atoms with Crippen LogP contribution in [-0.2, 0) is 33.3 Å². The molecule has 8 nitrogen and oxygen atoms in total. The fourth-order valence-electron chi connectivity index (χ4n) is 1.66. The molecule has 0 fully saturated rings. The van der Waals surface area contributed by atoms with E-state index in [1.165, 1.54) is 0 Å². The number of rotatable bonds is 21. The van der Waals surface area contributed by atoms with E-state index in [1.54, 1.807) is 0 Å². The predicted octanol–water partition coefficient (Wildman–Crippen LogP) is 1.04. The zero-order chi connectivity index (χ0) is 18.4. The minimum absolute atomic E-state index is 0.165. The Balaban J connectivity index is 3.03. The molecular formula is C17H37NO7. The molecule has 0 aromatic carbocycles.